The first-order chi connectivity index (χ1) is 14.4. The Bertz CT molecular complexity index is 1140. The zero-order valence-electron chi connectivity index (χ0n) is 16.3. The van der Waals surface area contributed by atoms with Gasteiger partial charge in [0.2, 0.25) is 5.91 Å². The van der Waals surface area contributed by atoms with Gasteiger partial charge in [0.25, 0.3) is 0 Å². The van der Waals surface area contributed by atoms with Gasteiger partial charge >= 0.3 is 0 Å². The number of nitrogens with zero attached hydrogens (tertiary/aromatic N) is 3. The van der Waals surface area contributed by atoms with Crippen LogP contribution < -0.4 is 9.64 Å². The third-order valence-electron chi connectivity index (χ3n) is 5.82. The van der Waals surface area contributed by atoms with Crippen LogP contribution in [0.25, 0.3) is 0 Å². The molecule has 1 fully saturated rings. The topological polar surface area (TPSA) is 45.7 Å². The van der Waals surface area contributed by atoms with E-state index in [0.717, 1.165) is 35.9 Å². The summed E-state index contributed by atoms with van der Waals surface area (Å²) in [4.78, 5) is 20.5. The number of benzene rings is 2. The van der Waals surface area contributed by atoms with E-state index in [1.807, 2.05) is 23.1 Å². The molecular weight excluding hydrogens is 425 g/mol. The number of likely N-dealkylation sites (tertiary alicyclic amines) is 1. The Labute approximate surface area is 182 Å². The van der Waals surface area contributed by atoms with Gasteiger partial charge in [0.05, 0.1) is 6.20 Å². The molecular formula is C22H19ClFN3O2S. The lowest BCUT2D eigenvalue weighted by Gasteiger charge is -2.25. The van der Waals surface area contributed by atoms with Gasteiger partial charge in [-0.1, -0.05) is 29.0 Å². The van der Waals surface area contributed by atoms with Gasteiger partial charge in [0.15, 0.2) is 5.13 Å². The maximum atomic E-state index is 13.5. The van der Waals surface area contributed by atoms with Crippen LogP contribution in [0.5, 0.6) is 11.5 Å². The third kappa shape index (κ3) is 3.32. The molecule has 1 aromatic heterocycles. The molecule has 2 aliphatic heterocycles. The summed E-state index contributed by atoms with van der Waals surface area (Å²) in [6.07, 6.45) is 2.52. The number of carbonyl (C=O) groups is 1. The van der Waals surface area contributed by atoms with E-state index in [1.165, 1.54) is 23.5 Å². The van der Waals surface area contributed by atoms with Crippen molar-refractivity contribution < 1.29 is 13.9 Å². The summed E-state index contributed by atoms with van der Waals surface area (Å²) in [5.41, 5.74) is 1.95. The van der Waals surface area contributed by atoms with Gasteiger partial charge in [-0.3, -0.25) is 4.79 Å². The molecule has 154 valence electrons. The fourth-order valence-electron chi connectivity index (χ4n) is 4.41. The minimum atomic E-state index is -0.343. The quantitative estimate of drug-likeness (QED) is 0.546. The van der Waals surface area contributed by atoms with E-state index < -0.39 is 0 Å². The largest absolute Gasteiger partial charge is 0.457 e. The molecule has 2 aromatic carbocycles. The molecule has 2 aliphatic rings. The van der Waals surface area contributed by atoms with Crippen molar-refractivity contribution in [2.45, 2.75) is 18.8 Å². The zero-order chi connectivity index (χ0) is 20.9. The molecule has 5 nitrogen and oxygen atoms in total. The lowest BCUT2D eigenvalue weighted by Crippen LogP contribution is -2.36. The minimum absolute atomic E-state index is 0.0799. The summed E-state index contributed by atoms with van der Waals surface area (Å²) in [6, 6.07) is 12.0. The molecule has 0 bridgehead atoms. The second-order valence-electron chi connectivity index (χ2n) is 7.74. The Morgan fingerprint density at radius 2 is 2.07 bits per heavy atom. The van der Waals surface area contributed by atoms with Crippen LogP contribution in [0.2, 0.25) is 4.34 Å². The predicted molar refractivity (Wildman–Crippen MR) is 116 cm³/mol. The fourth-order valence-corrected chi connectivity index (χ4v) is 5.32. The summed E-state index contributed by atoms with van der Waals surface area (Å²) in [5.74, 6) is 0.822. The van der Waals surface area contributed by atoms with E-state index in [0.29, 0.717) is 22.4 Å². The van der Waals surface area contributed by atoms with Crippen molar-refractivity contribution in [3.05, 3.63) is 64.4 Å². The van der Waals surface area contributed by atoms with E-state index in [2.05, 4.69) is 9.88 Å². The van der Waals surface area contributed by atoms with Gasteiger partial charge in [-0.05, 0) is 42.3 Å². The number of rotatable bonds is 3. The van der Waals surface area contributed by atoms with Crippen LogP contribution in [0.15, 0.2) is 48.7 Å². The van der Waals surface area contributed by atoms with Gasteiger partial charge in [-0.2, -0.15) is 0 Å². The molecule has 1 unspecified atom stereocenters. The summed E-state index contributed by atoms with van der Waals surface area (Å²) < 4.78 is 20.1. The zero-order valence-corrected chi connectivity index (χ0v) is 17.8. The molecule has 1 atom stereocenters. The Hall–Kier alpha value is -2.64. The number of carbonyl (C=O) groups excluding carboxylic acids is 1. The van der Waals surface area contributed by atoms with E-state index in [-0.39, 0.29) is 17.1 Å². The molecule has 0 radical (unpaired) electrons. The SMILES string of the molecule is CC(=O)N1CCC2(C1)CN(c1ncc(Cl)s1)c1ccc(Oc3cccc(F)c3)cc12. The second kappa shape index (κ2) is 7.25. The lowest BCUT2D eigenvalue weighted by molar-refractivity contribution is -0.127. The van der Waals surface area contributed by atoms with Crippen LogP contribution in [0.4, 0.5) is 15.2 Å². The summed E-state index contributed by atoms with van der Waals surface area (Å²) in [5, 5.41) is 0.832. The molecule has 3 heterocycles. The molecule has 5 rings (SSSR count). The Kier molecular flexibility index (Phi) is 4.67. The van der Waals surface area contributed by atoms with Crippen LogP contribution in [-0.4, -0.2) is 35.4 Å². The lowest BCUT2D eigenvalue weighted by atomic mass is 9.81. The molecule has 1 saturated heterocycles. The average molecular weight is 444 g/mol. The number of hydrogen-bond donors (Lipinski definition) is 0. The average Bonchev–Trinajstić information content (AvgIpc) is 3.41. The van der Waals surface area contributed by atoms with Crippen molar-refractivity contribution >= 4 is 39.7 Å². The van der Waals surface area contributed by atoms with Crippen LogP contribution in [0, 0.1) is 5.82 Å². The van der Waals surface area contributed by atoms with Gasteiger partial charge < -0.3 is 14.5 Å². The normalized spacial score (nSPS) is 20.1. The first kappa shape index (κ1) is 19.3. The standard InChI is InChI=1S/C22H19ClFN3O2S/c1-14(28)26-8-7-22(12-26)13-27(21-25-11-20(23)30-21)19-6-5-17(10-18(19)22)29-16-4-2-3-15(24)9-16/h2-6,9-11H,7-8,12-13H2,1H3. The number of thiazole rings is 1. The minimum Gasteiger partial charge on any atom is -0.457 e. The molecule has 3 aromatic rings. The summed E-state index contributed by atoms with van der Waals surface area (Å²) in [7, 11) is 0. The van der Waals surface area contributed by atoms with Crippen molar-refractivity contribution in [1.82, 2.24) is 9.88 Å². The Morgan fingerprint density at radius 1 is 1.23 bits per heavy atom. The second-order valence-corrected chi connectivity index (χ2v) is 9.38. The number of halogens is 2. The fraction of sp³-hybridized carbons (Fsp3) is 0.273. The molecule has 30 heavy (non-hydrogen) atoms. The highest BCUT2D eigenvalue weighted by molar-refractivity contribution is 7.19. The van der Waals surface area contributed by atoms with Gasteiger partial charge in [-0.15, -0.1) is 0 Å². The molecule has 1 amide bonds. The number of amides is 1. The maximum absolute atomic E-state index is 13.5. The summed E-state index contributed by atoms with van der Waals surface area (Å²) >= 11 is 7.57. The number of aromatic nitrogens is 1. The molecule has 0 saturated carbocycles. The molecule has 8 heteroatoms. The van der Waals surface area contributed by atoms with Crippen LogP contribution in [0.3, 0.4) is 0 Å². The van der Waals surface area contributed by atoms with E-state index in [1.54, 1.807) is 25.3 Å². The highest BCUT2D eigenvalue weighted by atomic mass is 35.5. The van der Waals surface area contributed by atoms with E-state index in [4.69, 9.17) is 16.3 Å². The number of ether oxygens (including phenoxy) is 1. The third-order valence-corrected chi connectivity index (χ3v) is 6.96. The predicted octanol–water partition coefficient (Wildman–Crippen LogP) is 5.37. The van der Waals surface area contributed by atoms with Crippen molar-refractivity contribution in [3.63, 3.8) is 0 Å². The number of hydrogen-bond acceptors (Lipinski definition) is 5. The van der Waals surface area contributed by atoms with Crippen molar-refractivity contribution in [1.29, 1.82) is 0 Å². The maximum Gasteiger partial charge on any atom is 0.219 e. The van der Waals surface area contributed by atoms with Crippen LogP contribution >= 0.6 is 22.9 Å². The van der Waals surface area contributed by atoms with Gasteiger partial charge in [-0.25, -0.2) is 9.37 Å². The van der Waals surface area contributed by atoms with Gasteiger partial charge in [0, 0.05) is 43.7 Å². The van der Waals surface area contributed by atoms with Crippen LogP contribution in [0.1, 0.15) is 18.9 Å². The van der Waals surface area contributed by atoms with E-state index in [9.17, 15) is 9.18 Å². The summed E-state index contributed by atoms with van der Waals surface area (Å²) in [6.45, 7) is 3.70. The van der Waals surface area contributed by atoms with Crippen LogP contribution in [-0.2, 0) is 10.2 Å². The Balaban J connectivity index is 1.55. The molecule has 0 aliphatic carbocycles. The molecule has 0 N–H and O–H groups in total. The number of fused-ring (bicyclic) bond motifs is 2. The first-order valence-electron chi connectivity index (χ1n) is 9.66. The van der Waals surface area contributed by atoms with Crippen molar-refractivity contribution in [3.8, 4) is 11.5 Å². The Morgan fingerprint density at radius 3 is 2.77 bits per heavy atom. The first-order valence-corrected chi connectivity index (χ1v) is 10.9. The molecule has 1 spiro atoms. The van der Waals surface area contributed by atoms with E-state index >= 15 is 0 Å². The number of anilines is 2. The monoisotopic (exact) mass is 443 g/mol. The van der Waals surface area contributed by atoms with Crippen molar-refractivity contribution in [2.24, 2.45) is 0 Å². The van der Waals surface area contributed by atoms with Gasteiger partial charge in [0.1, 0.15) is 21.7 Å². The van der Waals surface area contributed by atoms with Crippen molar-refractivity contribution in [2.75, 3.05) is 24.5 Å². The smallest absolute Gasteiger partial charge is 0.219 e. The highest BCUT2D eigenvalue weighted by Gasteiger charge is 2.49. The highest BCUT2D eigenvalue weighted by Crippen LogP contribution is 2.51.